The minimum absolute atomic E-state index is 0.198. The van der Waals surface area contributed by atoms with Crippen molar-refractivity contribution in [3.63, 3.8) is 0 Å². The molecule has 10 heteroatoms. The fraction of sp³-hybridized carbons (Fsp3) is 0.500. The molecule has 0 bridgehead atoms. The number of aromatic nitrogens is 1. The molecule has 3 N–H and O–H groups in total. The van der Waals surface area contributed by atoms with Gasteiger partial charge >= 0.3 is 12.1 Å². The molecule has 1 heterocycles. The van der Waals surface area contributed by atoms with Crippen molar-refractivity contribution in [2.45, 2.75) is 12.6 Å². The zero-order chi connectivity index (χ0) is 15.3. The van der Waals surface area contributed by atoms with Gasteiger partial charge in [-0.3, -0.25) is 9.59 Å². The maximum absolute atomic E-state index is 12.3. The molecule has 0 unspecified atom stereocenters. The number of nitrogens with two attached hydrogens (primary N) is 1. The third kappa shape index (κ3) is 5.13. The van der Waals surface area contributed by atoms with Gasteiger partial charge in [0.1, 0.15) is 18.8 Å². The predicted molar refractivity (Wildman–Crippen MR) is 64.5 cm³/mol. The minimum atomic E-state index is -4.68. The van der Waals surface area contributed by atoms with Gasteiger partial charge in [-0.1, -0.05) is 0 Å². The van der Waals surface area contributed by atoms with Crippen LogP contribution >= 0.6 is 11.3 Å². The topological polar surface area (TPSA) is 96.5 Å². The monoisotopic (exact) mass is 311 g/mol. The molecule has 0 radical (unpaired) electrons. The Kier molecular flexibility index (Phi) is 5.45. The Hall–Kier alpha value is -1.68. The highest BCUT2D eigenvalue weighted by atomic mass is 32.1. The van der Waals surface area contributed by atoms with E-state index in [2.05, 4.69) is 4.98 Å². The molecule has 0 aliphatic heterocycles. The summed E-state index contributed by atoms with van der Waals surface area (Å²) in [5.74, 6) is -2.59. The summed E-state index contributed by atoms with van der Waals surface area (Å²) in [7, 11) is 0. The minimum Gasteiger partial charge on any atom is -0.480 e. The summed E-state index contributed by atoms with van der Waals surface area (Å²) in [4.78, 5) is 26.4. The van der Waals surface area contributed by atoms with Crippen LogP contribution in [0.25, 0.3) is 0 Å². The van der Waals surface area contributed by atoms with Crippen molar-refractivity contribution in [2.75, 3.05) is 19.6 Å². The van der Waals surface area contributed by atoms with Gasteiger partial charge in [0.05, 0.1) is 5.01 Å². The van der Waals surface area contributed by atoms with E-state index in [-0.39, 0.29) is 10.6 Å². The van der Waals surface area contributed by atoms with Crippen molar-refractivity contribution >= 4 is 23.2 Å². The standard InChI is InChI=1S/C10H12F3N3O3S/c11-10(12,13)5-16(3-8(17)18)9(19)6-4-20-7(15-6)1-2-14/h4H,1-3,5,14H2,(H,17,18). The van der Waals surface area contributed by atoms with E-state index in [0.717, 1.165) is 11.3 Å². The molecule has 0 saturated heterocycles. The molecule has 1 aromatic rings. The number of alkyl halides is 3. The molecule has 0 aliphatic carbocycles. The number of aliphatic carboxylic acids is 1. The highest BCUT2D eigenvalue weighted by Gasteiger charge is 2.34. The van der Waals surface area contributed by atoms with Crippen molar-refractivity contribution in [1.82, 2.24) is 9.88 Å². The summed E-state index contributed by atoms with van der Waals surface area (Å²) in [6.07, 6.45) is -4.28. The number of carboxylic acid groups (broad SMARTS) is 1. The van der Waals surface area contributed by atoms with Crippen LogP contribution < -0.4 is 5.73 Å². The molecular weight excluding hydrogens is 299 g/mol. The number of thiazole rings is 1. The van der Waals surface area contributed by atoms with E-state index in [1.54, 1.807) is 0 Å². The van der Waals surface area contributed by atoms with Crippen LogP contribution in [0.5, 0.6) is 0 Å². The van der Waals surface area contributed by atoms with Crippen molar-refractivity contribution in [3.05, 3.63) is 16.1 Å². The molecule has 0 aromatic carbocycles. The summed E-state index contributed by atoms with van der Waals surface area (Å²) in [6.45, 7) is -2.38. The first-order valence-electron chi connectivity index (χ1n) is 5.45. The summed E-state index contributed by atoms with van der Waals surface area (Å²) in [5.41, 5.74) is 5.10. The van der Waals surface area contributed by atoms with Crippen LogP contribution in [0, 0.1) is 0 Å². The smallest absolute Gasteiger partial charge is 0.406 e. The Labute approximate surface area is 116 Å². The lowest BCUT2D eigenvalue weighted by molar-refractivity contribution is -0.149. The second-order valence-electron chi connectivity index (χ2n) is 3.84. The van der Waals surface area contributed by atoms with Crippen molar-refractivity contribution in [2.24, 2.45) is 5.73 Å². The van der Waals surface area contributed by atoms with Crippen LogP contribution in [-0.4, -0.2) is 52.7 Å². The molecule has 6 nitrogen and oxygen atoms in total. The number of amides is 1. The van der Waals surface area contributed by atoms with E-state index in [9.17, 15) is 22.8 Å². The molecule has 0 atom stereocenters. The third-order valence-electron chi connectivity index (χ3n) is 2.11. The molecule has 0 spiro atoms. The number of halogens is 3. The van der Waals surface area contributed by atoms with Crippen LogP contribution in [-0.2, 0) is 11.2 Å². The first-order chi connectivity index (χ1) is 9.23. The second kappa shape index (κ2) is 6.66. The van der Waals surface area contributed by atoms with Crippen LogP contribution in [0.15, 0.2) is 5.38 Å². The molecule has 1 rings (SSSR count). The third-order valence-corrected chi connectivity index (χ3v) is 3.02. The number of carboxylic acids is 1. The Morgan fingerprint density at radius 1 is 1.45 bits per heavy atom. The average molecular weight is 311 g/mol. The van der Waals surface area contributed by atoms with Gasteiger partial charge in [-0.05, 0) is 6.54 Å². The summed E-state index contributed by atoms with van der Waals surface area (Å²) < 4.78 is 37.0. The Bertz CT molecular complexity index is 490. The lowest BCUT2D eigenvalue weighted by Gasteiger charge is -2.21. The normalized spacial score (nSPS) is 11.4. The second-order valence-corrected chi connectivity index (χ2v) is 4.78. The molecule has 0 fully saturated rings. The number of hydrogen-bond donors (Lipinski definition) is 2. The summed E-state index contributed by atoms with van der Waals surface area (Å²) in [5, 5.41) is 10.4. The van der Waals surface area contributed by atoms with Gasteiger partial charge < -0.3 is 15.7 Å². The van der Waals surface area contributed by atoms with E-state index in [0.29, 0.717) is 18.0 Å². The molecular formula is C10H12F3N3O3S. The van der Waals surface area contributed by atoms with E-state index in [1.165, 1.54) is 5.38 Å². The molecule has 1 amide bonds. The van der Waals surface area contributed by atoms with E-state index in [4.69, 9.17) is 10.8 Å². The van der Waals surface area contributed by atoms with Crippen molar-refractivity contribution in [3.8, 4) is 0 Å². The van der Waals surface area contributed by atoms with Gasteiger partial charge in [0.25, 0.3) is 5.91 Å². The fourth-order valence-electron chi connectivity index (χ4n) is 1.39. The molecule has 20 heavy (non-hydrogen) atoms. The number of hydrogen-bond acceptors (Lipinski definition) is 5. The fourth-order valence-corrected chi connectivity index (χ4v) is 2.18. The average Bonchev–Trinajstić information content (AvgIpc) is 2.73. The predicted octanol–water partition coefficient (Wildman–Crippen LogP) is 0.733. The van der Waals surface area contributed by atoms with Crippen molar-refractivity contribution in [1.29, 1.82) is 0 Å². The van der Waals surface area contributed by atoms with Crippen LogP contribution in [0.4, 0.5) is 13.2 Å². The molecule has 0 aliphatic rings. The highest BCUT2D eigenvalue weighted by Crippen LogP contribution is 2.19. The lowest BCUT2D eigenvalue weighted by Crippen LogP contribution is -2.42. The quantitative estimate of drug-likeness (QED) is 0.807. The number of rotatable bonds is 6. The zero-order valence-electron chi connectivity index (χ0n) is 10.2. The Morgan fingerprint density at radius 2 is 2.10 bits per heavy atom. The van der Waals surface area contributed by atoms with Crippen LogP contribution in [0.1, 0.15) is 15.5 Å². The number of carbonyl (C=O) groups is 2. The summed E-state index contributed by atoms with van der Waals surface area (Å²) in [6, 6.07) is 0. The molecule has 1 aromatic heterocycles. The Balaban J connectivity index is 2.88. The van der Waals surface area contributed by atoms with Gasteiger partial charge in [-0.15, -0.1) is 11.3 Å². The van der Waals surface area contributed by atoms with E-state index >= 15 is 0 Å². The van der Waals surface area contributed by atoms with Crippen LogP contribution in [0.3, 0.4) is 0 Å². The van der Waals surface area contributed by atoms with Gasteiger partial charge in [0.2, 0.25) is 0 Å². The highest BCUT2D eigenvalue weighted by molar-refractivity contribution is 7.09. The molecule has 112 valence electrons. The van der Waals surface area contributed by atoms with E-state index < -0.39 is 31.1 Å². The van der Waals surface area contributed by atoms with Gasteiger partial charge in [-0.2, -0.15) is 13.2 Å². The maximum Gasteiger partial charge on any atom is 0.406 e. The zero-order valence-corrected chi connectivity index (χ0v) is 11.0. The van der Waals surface area contributed by atoms with Gasteiger partial charge in [0, 0.05) is 11.8 Å². The maximum atomic E-state index is 12.3. The summed E-state index contributed by atoms with van der Waals surface area (Å²) >= 11 is 1.09. The SMILES string of the molecule is NCCc1nc(C(=O)N(CC(=O)O)CC(F)(F)F)cs1. The lowest BCUT2D eigenvalue weighted by atomic mass is 10.3. The Morgan fingerprint density at radius 3 is 2.60 bits per heavy atom. The first-order valence-corrected chi connectivity index (χ1v) is 6.33. The van der Waals surface area contributed by atoms with Gasteiger partial charge in [-0.25, -0.2) is 4.98 Å². The van der Waals surface area contributed by atoms with Crippen LogP contribution in [0.2, 0.25) is 0 Å². The van der Waals surface area contributed by atoms with Gasteiger partial charge in [0.15, 0.2) is 0 Å². The number of carbonyl (C=O) groups excluding carboxylic acids is 1. The van der Waals surface area contributed by atoms with Crippen molar-refractivity contribution < 1.29 is 27.9 Å². The largest absolute Gasteiger partial charge is 0.480 e. The number of nitrogens with zero attached hydrogens (tertiary/aromatic N) is 2. The first kappa shape index (κ1) is 16.4. The van der Waals surface area contributed by atoms with E-state index in [1.807, 2.05) is 0 Å². The molecule has 0 saturated carbocycles.